The predicted molar refractivity (Wildman–Crippen MR) is 124 cm³/mol. The molecule has 0 aliphatic carbocycles. The molecule has 2 heterocycles. The number of nitriles is 1. The fraction of sp³-hybridized carbons (Fsp3) is 0.0435. The van der Waals surface area contributed by atoms with Crippen molar-refractivity contribution in [2.75, 3.05) is 11.9 Å². The summed E-state index contributed by atoms with van der Waals surface area (Å²) in [5.41, 5.74) is 2.42. The quantitative estimate of drug-likeness (QED) is 0.367. The van der Waals surface area contributed by atoms with Crippen LogP contribution in [-0.2, 0) is 4.79 Å². The molecule has 0 bridgehead atoms. The number of allylic oxidation sites excluding steroid dienone is 1. The Hall–Kier alpha value is -3.87. The van der Waals surface area contributed by atoms with Crippen LogP contribution in [0.1, 0.15) is 10.6 Å². The number of benzene rings is 2. The zero-order valence-electron chi connectivity index (χ0n) is 16.5. The lowest BCUT2D eigenvalue weighted by Crippen LogP contribution is -2.20. The van der Waals surface area contributed by atoms with Gasteiger partial charge in [0.15, 0.2) is 11.7 Å². The van der Waals surface area contributed by atoms with Gasteiger partial charge in [0.05, 0.1) is 11.3 Å². The van der Waals surface area contributed by atoms with Crippen LogP contribution in [0.2, 0.25) is 0 Å². The van der Waals surface area contributed by atoms with E-state index in [-0.39, 0.29) is 18.3 Å². The maximum Gasteiger partial charge on any atom is 0.264 e. The standard InChI is InChI=1S/C23H15FN4O2S2/c24-18-7-5-15(6-8-18)19-14-32-22(27-19)17(12-25)11-16-3-1-2-4-20(16)30-13-21(29)28-23-26-9-10-31-23/h1-11,14H,13H2,(H,26,28,29)/b17-11+. The van der Waals surface area contributed by atoms with Gasteiger partial charge < -0.3 is 4.74 Å². The van der Waals surface area contributed by atoms with E-state index in [1.807, 2.05) is 11.4 Å². The molecule has 0 atom stereocenters. The lowest BCUT2D eigenvalue weighted by Gasteiger charge is -2.09. The molecule has 0 aliphatic rings. The molecule has 0 saturated carbocycles. The number of carbonyl (C=O) groups excluding carboxylic acids is 1. The van der Waals surface area contributed by atoms with E-state index in [1.54, 1.807) is 48.0 Å². The summed E-state index contributed by atoms with van der Waals surface area (Å²) in [5, 5.41) is 17.0. The number of para-hydroxylation sites is 1. The highest BCUT2D eigenvalue weighted by atomic mass is 32.1. The van der Waals surface area contributed by atoms with Crippen LogP contribution in [0.4, 0.5) is 9.52 Å². The number of rotatable bonds is 7. The van der Waals surface area contributed by atoms with Crippen molar-refractivity contribution in [3.05, 3.63) is 81.9 Å². The van der Waals surface area contributed by atoms with Gasteiger partial charge in [0.2, 0.25) is 0 Å². The molecule has 0 fully saturated rings. The van der Waals surface area contributed by atoms with Crippen LogP contribution < -0.4 is 10.1 Å². The maximum atomic E-state index is 13.2. The molecular weight excluding hydrogens is 447 g/mol. The van der Waals surface area contributed by atoms with Crippen LogP contribution in [0, 0.1) is 17.1 Å². The summed E-state index contributed by atoms with van der Waals surface area (Å²) < 4.78 is 18.8. The Bertz CT molecular complexity index is 1290. The minimum absolute atomic E-state index is 0.196. The van der Waals surface area contributed by atoms with E-state index in [4.69, 9.17) is 4.74 Å². The summed E-state index contributed by atoms with van der Waals surface area (Å²) in [6.07, 6.45) is 3.27. The molecule has 2 aromatic heterocycles. The molecule has 32 heavy (non-hydrogen) atoms. The first-order valence-electron chi connectivity index (χ1n) is 9.37. The Labute approximate surface area is 191 Å². The van der Waals surface area contributed by atoms with Gasteiger partial charge in [-0.25, -0.2) is 14.4 Å². The van der Waals surface area contributed by atoms with Gasteiger partial charge in [-0.2, -0.15) is 5.26 Å². The third kappa shape index (κ3) is 5.24. The smallest absolute Gasteiger partial charge is 0.264 e. The van der Waals surface area contributed by atoms with Gasteiger partial charge in [-0.1, -0.05) is 18.2 Å². The number of amides is 1. The third-order valence-corrected chi connectivity index (χ3v) is 5.82. The number of halogens is 1. The minimum Gasteiger partial charge on any atom is -0.483 e. The molecule has 0 aliphatic heterocycles. The first kappa shape index (κ1) is 21.4. The van der Waals surface area contributed by atoms with E-state index in [0.717, 1.165) is 5.56 Å². The summed E-state index contributed by atoms with van der Waals surface area (Å²) in [6, 6.07) is 15.3. The van der Waals surface area contributed by atoms with Gasteiger partial charge in [0.25, 0.3) is 5.91 Å². The van der Waals surface area contributed by atoms with Crippen molar-refractivity contribution < 1.29 is 13.9 Å². The number of ether oxygens (including phenoxy) is 1. The number of nitrogens with one attached hydrogen (secondary N) is 1. The van der Waals surface area contributed by atoms with Gasteiger partial charge in [0, 0.05) is 28.1 Å². The van der Waals surface area contributed by atoms with Crippen molar-refractivity contribution in [2.24, 2.45) is 0 Å². The Kier molecular flexibility index (Phi) is 6.65. The second kappa shape index (κ2) is 9.96. The minimum atomic E-state index is -0.330. The van der Waals surface area contributed by atoms with Crippen LogP contribution in [0.25, 0.3) is 22.9 Å². The molecule has 2 aromatic carbocycles. The molecule has 0 saturated heterocycles. The highest BCUT2D eigenvalue weighted by molar-refractivity contribution is 7.13. The van der Waals surface area contributed by atoms with Crippen LogP contribution in [0.15, 0.2) is 65.5 Å². The summed E-state index contributed by atoms with van der Waals surface area (Å²) >= 11 is 2.64. The van der Waals surface area contributed by atoms with Crippen molar-refractivity contribution in [1.29, 1.82) is 5.26 Å². The van der Waals surface area contributed by atoms with Crippen molar-refractivity contribution in [1.82, 2.24) is 9.97 Å². The summed E-state index contributed by atoms with van der Waals surface area (Å²) in [4.78, 5) is 20.6. The van der Waals surface area contributed by atoms with Crippen LogP contribution >= 0.6 is 22.7 Å². The monoisotopic (exact) mass is 462 g/mol. The highest BCUT2D eigenvalue weighted by Crippen LogP contribution is 2.29. The van der Waals surface area contributed by atoms with E-state index >= 15 is 0 Å². The Morgan fingerprint density at radius 2 is 2.00 bits per heavy atom. The second-order valence-corrected chi connectivity index (χ2v) is 8.18. The first-order chi connectivity index (χ1) is 15.6. The average Bonchev–Trinajstić information content (AvgIpc) is 3.50. The van der Waals surface area contributed by atoms with Crippen LogP contribution in [-0.4, -0.2) is 22.5 Å². The summed E-state index contributed by atoms with van der Waals surface area (Å²) in [7, 11) is 0. The van der Waals surface area contributed by atoms with Gasteiger partial charge >= 0.3 is 0 Å². The molecule has 4 aromatic rings. The lowest BCUT2D eigenvalue weighted by atomic mass is 10.1. The van der Waals surface area contributed by atoms with E-state index in [1.165, 1.54) is 34.8 Å². The topological polar surface area (TPSA) is 87.9 Å². The predicted octanol–water partition coefficient (Wildman–Crippen LogP) is 5.49. The summed E-state index contributed by atoms with van der Waals surface area (Å²) in [5.74, 6) is -0.188. The van der Waals surface area contributed by atoms with Gasteiger partial charge in [-0.05, 0) is 36.4 Å². The molecule has 0 radical (unpaired) electrons. The molecular formula is C23H15FN4O2S2. The van der Waals surface area contributed by atoms with Gasteiger partial charge in [-0.15, -0.1) is 22.7 Å². The average molecular weight is 463 g/mol. The SMILES string of the molecule is N#C/C(=C\c1ccccc1OCC(=O)Nc1nccs1)c1nc(-c2ccc(F)cc2)cs1. The number of hydrogen-bond acceptors (Lipinski definition) is 7. The lowest BCUT2D eigenvalue weighted by molar-refractivity contribution is -0.118. The van der Waals surface area contributed by atoms with Crippen molar-refractivity contribution in [2.45, 2.75) is 0 Å². The maximum absolute atomic E-state index is 13.2. The largest absolute Gasteiger partial charge is 0.483 e. The summed E-state index contributed by atoms with van der Waals surface area (Å²) in [6.45, 7) is -0.196. The van der Waals surface area contributed by atoms with Gasteiger partial charge in [0.1, 0.15) is 22.6 Å². The Morgan fingerprint density at radius 3 is 2.75 bits per heavy atom. The third-order valence-electron chi connectivity index (χ3n) is 4.25. The van der Waals surface area contributed by atoms with Crippen LogP contribution in [0.5, 0.6) is 5.75 Å². The Morgan fingerprint density at radius 1 is 1.19 bits per heavy atom. The highest BCUT2D eigenvalue weighted by Gasteiger charge is 2.12. The molecule has 1 amide bonds. The molecule has 1 N–H and O–H groups in total. The van der Waals surface area contributed by atoms with E-state index in [2.05, 4.69) is 21.4 Å². The molecule has 158 valence electrons. The number of hydrogen-bond donors (Lipinski definition) is 1. The number of carbonyl (C=O) groups is 1. The number of anilines is 1. The number of nitrogens with zero attached hydrogens (tertiary/aromatic N) is 3. The zero-order chi connectivity index (χ0) is 22.3. The fourth-order valence-electron chi connectivity index (χ4n) is 2.76. The first-order valence-corrected chi connectivity index (χ1v) is 11.1. The molecule has 9 heteroatoms. The van der Waals surface area contributed by atoms with Crippen LogP contribution in [0.3, 0.4) is 0 Å². The second-order valence-electron chi connectivity index (χ2n) is 6.43. The van der Waals surface area contributed by atoms with Crippen molar-refractivity contribution >= 4 is 45.4 Å². The molecule has 0 unspecified atom stereocenters. The van der Waals surface area contributed by atoms with E-state index in [9.17, 15) is 14.4 Å². The normalized spacial score (nSPS) is 11.1. The molecule has 6 nitrogen and oxygen atoms in total. The van der Waals surface area contributed by atoms with Crippen molar-refractivity contribution in [3.63, 3.8) is 0 Å². The van der Waals surface area contributed by atoms with E-state index < -0.39 is 0 Å². The molecule has 0 spiro atoms. The fourth-order valence-corrected chi connectivity index (χ4v) is 4.10. The van der Waals surface area contributed by atoms with E-state index in [0.29, 0.717) is 32.7 Å². The van der Waals surface area contributed by atoms with Crippen molar-refractivity contribution in [3.8, 4) is 23.1 Å². The Balaban J connectivity index is 1.52. The zero-order valence-corrected chi connectivity index (χ0v) is 18.1. The van der Waals surface area contributed by atoms with Gasteiger partial charge in [-0.3, -0.25) is 10.1 Å². The number of aromatic nitrogens is 2. The molecule has 4 rings (SSSR count). The number of thiazole rings is 2.